The highest BCUT2D eigenvalue weighted by atomic mass is 19.1. The number of rotatable bonds is 5. The summed E-state index contributed by atoms with van der Waals surface area (Å²) < 4.78 is 36.6. The number of halogens is 2. The molecule has 0 heterocycles. The predicted octanol–water partition coefficient (Wildman–Crippen LogP) is 3.64. The van der Waals surface area contributed by atoms with Crippen LogP contribution in [0.5, 0.6) is 5.75 Å². The fourth-order valence-corrected chi connectivity index (χ4v) is 2.02. The first-order valence-electron chi connectivity index (χ1n) is 7.56. The maximum absolute atomic E-state index is 13.5. The number of benzene rings is 2. The molecule has 0 radical (unpaired) electrons. The highest BCUT2D eigenvalue weighted by Gasteiger charge is 2.09. The topological polar surface area (TPSA) is 47.6 Å². The van der Waals surface area contributed by atoms with Gasteiger partial charge in [-0.05, 0) is 11.6 Å². The molecule has 0 fully saturated rings. The Kier molecular flexibility index (Phi) is 6.78. The van der Waals surface area contributed by atoms with E-state index in [4.69, 9.17) is 9.47 Å². The minimum absolute atomic E-state index is 0.107. The smallest absolute Gasteiger partial charge is 0.407 e. The summed E-state index contributed by atoms with van der Waals surface area (Å²) in [5.74, 6) is 3.71. The number of hydrogen-bond acceptors (Lipinski definition) is 3. The average Bonchev–Trinajstić information content (AvgIpc) is 2.60. The summed E-state index contributed by atoms with van der Waals surface area (Å²) in [6, 6.07) is 11.1. The second kappa shape index (κ2) is 9.28. The van der Waals surface area contributed by atoms with E-state index < -0.39 is 17.7 Å². The van der Waals surface area contributed by atoms with Crippen LogP contribution in [0.25, 0.3) is 0 Å². The van der Waals surface area contributed by atoms with E-state index >= 15 is 0 Å². The van der Waals surface area contributed by atoms with E-state index in [1.807, 2.05) is 30.3 Å². The lowest BCUT2D eigenvalue weighted by atomic mass is 10.2. The van der Waals surface area contributed by atoms with Crippen LogP contribution < -0.4 is 10.1 Å². The Labute approximate surface area is 144 Å². The van der Waals surface area contributed by atoms with Crippen LogP contribution in [0.3, 0.4) is 0 Å². The normalized spacial score (nSPS) is 9.72. The van der Waals surface area contributed by atoms with Crippen molar-refractivity contribution in [3.05, 3.63) is 65.2 Å². The Morgan fingerprint density at radius 2 is 1.96 bits per heavy atom. The van der Waals surface area contributed by atoms with Crippen LogP contribution in [-0.2, 0) is 11.3 Å². The third-order valence-electron chi connectivity index (χ3n) is 3.17. The van der Waals surface area contributed by atoms with Crippen LogP contribution in [0.15, 0.2) is 42.5 Å². The minimum atomic E-state index is -0.811. The number of carbonyl (C=O) groups excluding carboxylic acids is 1. The molecule has 0 saturated heterocycles. The molecular formula is C19H17F2NO3. The second-order valence-corrected chi connectivity index (χ2v) is 5.01. The summed E-state index contributed by atoms with van der Waals surface area (Å²) in [5.41, 5.74) is 1.00. The zero-order chi connectivity index (χ0) is 18.1. The summed E-state index contributed by atoms with van der Waals surface area (Å²) in [6.45, 7) is 0.429. The predicted molar refractivity (Wildman–Crippen MR) is 89.0 cm³/mol. The number of amides is 1. The van der Waals surface area contributed by atoms with E-state index in [9.17, 15) is 13.6 Å². The highest BCUT2D eigenvalue weighted by molar-refractivity contribution is 5.67. The van der Waals surface area contributed by atoms with Crippen molar-refractivity contribution in [1.82, 2.24) is 5.32 Å². The SMILES string of the molecule is COc1c(F)cc(F)cc1C#CCCNC(=O)OCc1ccccc1. The van der Waals surface area contributed by atoms with Gasteiger partial charge in [0.2, 0.25) is 0 Å². The number of carbonyl (C=O) groups is 1. The van der Waals surface area contributed by atoms with Gasteiger partial charge >= 0.3 is 6.09 Å². The van der Waals surface area contributed by atoms with Crippen molar-refractivity contribution in [2.75, 3.05) is 13.7 Å². The van der Waals surface area contributed by atoms with Gasteiger partial charge < -0.3 is 14.8 Å². The molecular weight excluding hydrogens is 328 g/mol. The van der Waals surface area contributed by atoms with E-state index in [-0.39, 0.29) is 24.5 Å². The number of alkyl carbamates (subject to hydrolysis) is 1. The lowest BCUT2D eigenvalue weighted by Crippen LogP contribution is -2.24. The average molecular weight is 345 g/mol. The fourth-order valence-electron chi connectivity index (χ4n) is 2.02. The Morgan fingerprint density at radius 3 is 2.68 bits per heavy atom. The van der Waals surface area contributed by atoms with Gasteiger partial charge in [0.25, 0.3) is 0 Å². The van der Waals surface area contributed by atoms with Gasteiger partial charge in [0.05, 0.1) is 12.7 Å². The zero-order valence-corrected chi connectivity index (χ0v) is 13.6. The van der Waals surface area contributed by atoms with E-state index in [2.05, 4.69) is 17.2 Å². The molecule has 0 spiro atoms. The molecule has 0 aliphatic rings. The minimum Gasteiger partial charge on any atom is -0.492 e. The van der Waals surface area contributed by atoms with Crippen molar-refractivity contribution in [2.24, 2.45) is 0 Å². The van der Waals surface area contributed by atoms with Crippen molar-refractivity contribution < 1.29 is 23.0 Å². The third-order valence-corrected chi connectivity index (χ3v) is 3.17. The van der Waals surface area contributed by atoms with Crippen molar-refractivity contribution >= 4 is 6.09 Å². The molecule has 2 aromatic carbocycles. The lowest BCUT2D eigenvalue weighted by molar-refractivity contribution is 0.140. The molecule has 0 saturated carbocycles. The first kappa shape index (κ1) is 18.3. The highest BCUT2D eigenvalue weighted by Crippen LogP contribution is 2.22. The van der Waals surface area contributed by atoms with E-state index in [1.165, 1.54) is 7.11 Å². The lowest BCUT2D eigenvalue weighted by Gasteiger charge is -2.05. The molecule has 0 aliphatic heterocycles. The molecule has 2 rings (SSSR count). The Morgan fingerprint density at radius 1 is 1.20 bits per heavy atom. The number of methoxy groups -OCH3 is 1. The molecule has 4 nitrogen and oxygen atoms in total. The molecule has 1 N–H and O–H groups in total. The molecule has 6 heteroatoms. The molecule has 130 valence electrons. The maximum atomic E-state index is 13.5. The maximum Gasteiger partial charge on any atom is 0.407 e. The molecule has 0 bridgehead atoms. The van der Waals surface area contributed by atoms with Crippen LogP contribution >= 0.6 is 0 Å². The van der Waals surface area contributed by atoms with E-state index in [1.54, 1.807) is 0 Å². The summed E-state index contributed by atoms with van der Waals surface area (Å²) in [4.78, 5) is 11.5. The van der Waals surface area contributed by atoms with Gasteiger partial charge in [-0.2, -0.15) is 0 Å². The van der Waals surface area contributed by atoms with Crippen molar-refractivity contribution in [1.29, 1.82) is 0 Å². The van der Waals surface area contributed by atoms with Gasteiger partial charge in [-0.15, -0.1) is 0 Å². The van der Waals surface area contributed by atoms with Gasteiger partial charge in [0.1, 0.15) is 12.4 Å². The van der Waals surface area contributed by atoms with E-state index in [0.717, 1.165) is 17.7 Å². The Balaban J connectivity index is 1.78. The molecule has 0 atom stereocenters. The number of nitrogens with one attached hydrogen (secondary N) is 1. The Hall–Kier alpha value is -3.07. The number of ether oxygens (including phenoxy) is 2. The molecule has 0 unspecified atom stereocenters. The first-order chi connectivity index (χ1) is 12.1. The molecule has 2 aromatic rings. The third kappa shape index (κ3) is 5.81. The van der Waals surface area contributed by atoms with Gasteiger partial charge in [-0.1, -0.05) is 42.2 Å². The zero-order valence-electron chi connectivity index (χ0n) is 13.6. The van der Waals surface area contributed by atoms with Crippen molar-refractivity contribution in [3.63, 3.8) is 0 Å². The fraction of sp³-hybridized carbons (Fsp3) is 0.211. The van der Waals surface area contributed by atoms with Crippen LogP contribution in [0.4, 0.5) is 13.6 Å². The summed E-state index contributed by atoms with van der Waals surface area (Å²) in [6.07, 6.45) is -0.262. The van der Waals surface area contributed by atoms with Gasteiger partial charge in [0.15, 0.2) is 11.6 Å². The van der Waals surface area contributed by atoms with Crippen molar-refractivity contribution in [3.8, 4) is 17.6 Å². The number of hydrogen-bond donors (Lipinski definition) is 1. The molecule has 0 aromatic heterocycles. The van der Waals surface area contributed by atoms with Crippen molar-refractivity contribution in [2.45, 2.75) is 13.0 Å². The van der Waals surface area contributed by atoms with Gasteiger partial charge in [0, 0.05) is 19.0 Å². The summed E-state index contributed by atoms with van der Waals surface area (Å²) in [7, 11) is 1.28. The van der Waals surface area contributed by atoms with E-state index in [0.29, 0.717) is 6.42 Å². The molecule has 25 heavy (non-hydrogen) atoms. The molecule has 0 aliphatic carbocycles. The van der Waals surface area contributed by atoms with Crippen LogP contribution in [0.2, 0.25) is 0 Å². The van der Waals surface area contributed by atoms with Gasteiger partial charge in [-0.25, -0.2) is 13.6 Å². The monoisotopic (exact) mass is 345 g/mol. The molecule has 1 amide bonds. The van der Waals surface area contributed by atoms with Crippen LogP contribution in [-0.4, -0.2) is 19.7 Å². The summed E-state index contributed by atoms with van der Waals surface area (Å²) >= 11 is 0. The first-order valence-corrected chi connectivity index (χ1v) is 7.56. The standard InChI is InChI=1S/C19H17F2NO3/c1-24-18-15(11-16(20)12-17(18)21)9-5-6-10-22-19(23)25-13-14-7-3-2-4-8-14/h2-4,7-8,11-12H,6,10,13H2,1H3,(H,22,23). The largest absolute Gasteiger partial charge is 0.492 e. The van der Waals surface area contributed by atoms with Crippen LogP contribution in [0.1, 0.15) is 17.5 Å². The Bertz CT molecular complexity index is 782. The van der Waals surface area contributed by atoms with Gasteiger partial charge in [-0.3, -0.25) is 0 Å². The second-order valence-electron chi connectivity index (χ2n) is 5.01. The van der Waals surface area contributed by atoms with Crippen LogP contribution in [0, 0.1) is 23.5 Å². The summed E-state index contributed by atoms with van der Waals surface area (Å²) in [5, 5.41) is 2.55. The quantitative estimate of drug-likeness (QED) is 0.665.